The molecule has 1 aromatic heterocycles. The van der Waals surface area contributed by atoms with E-state index in [1.807, 2.05) is 0 Å². The highest BCUT2D eigenvalue weighted by atomic mass is 35.5. The minimum Gasteiger partial charge on any atom is -0.268 e. The molecular weight excluding hydrogens is 455 g/mol. The molecule has 7 nitrogen and oxygen atoms in total. The molecule has 0 aliphatic rings. The molecule has 0 aliphatic heterocycles. The Kier molecular flexibility index (Phi) is 5.42. The fraction of sp³-hybridized carbons (Fsp3) is 0.0455. The van der Waals surface area contributed by atoms with Crippen LogP contribution < -0.4 is 4.72 Å². The lowest BCUT2D eigenvalue weighted by Gasteiger charge is -2.08. The molecule has 0 atom stereocenters. The van der Waals surface area contributed by atoms with Crippen LogP contribution in [0.1, 0.15) is 15.9 Å². The molecule has 0 saturated heterocycles. The van der Waals surface area contributed by atoms with E-state index in [4.69, 9.17) is 11.6 Å². The summed E-state index contributed by atoms with van der Waals surface area (Å²) in [4.78, 5) is 12.0. The van der Waals surface area contributed by atoms with Crippen molar-refractivity contribution in [2.24, 2.45) is 0 Å². The van der Waals surface area contributed by atoms with E-state index >= 15 is 4.39 Å². The Bertz CT molecular complexity index is 1540. The summed E-state index contributed by atoms with van der Waals surface area (Å²) in [7, 11) is -3.79. The van der Waals surface area contributed by atoms with Gasteiger partial charge in [-0.15, -0.1) is 0 Å². The topological polar surface area (TPSA) is 105 Å². The smallest absolute Gasteiger partial charge is 0.264 e. The number of sulfonamides is 1. The van der Waals surface area contributed by atoms with Crippen LogP contribution in [0.3, 0.4) is 0 Å². The van der Waals surface area contributed by atoms with E-state index < -0.39 is 21.7 Å². The van der Waals surface area contributed by atoms with E-state index in [1.54, 1.807) is 47.2 Å². The second-order valence-corrected chi connectivity index (χ2v) is 9.17. The summed E-state index contributed by atoms with van der Waals surface area (Å²) in [5.74, 6) is -1.72. The third kappa shape index (κ3) is 4.19. The van der Waals surface area contributed by atoms with Crippen molar-refractivity contribution in [3.63, 3.8) is 0 Å². The molecule has 0 radical (unpaired) electrons. The minimum atomic E-state index is -3.79. The van der Waals surface area contributed by atoms with E-state index in [0.717, 1.165) is 12.3 Å². The quantitative estimate of drug-likeness (QED) is 0.486. The van der Waals surface area contributed by atoms with Gasteiger partial charge in [0.2, 0.25) is 10.0 Å². The minimum absolute atomic E-state index is 0.0518. The average Bonchev–Trinajstić information content (AvgIpc) is 3.11. The predicted octanol–water partition coefficient (Wildman–Crippen LogP) is 4.05. The highest BCUT2D eigenvalue weighted by Crippen LogP contribution is 2.33. The fourth-order valence-electron chi connectivity index (χ4n) is 3.27. The van der Waals surface area contributed by atoms with Crippen molar-refractivity contribution in [3.8, 4) is 23.0 Å². The third-order valence-corrected chi connectivity index (χ3v) is 5.41. The Labute approximate surface area is 187 Å². The molecule has 32 heavy (non-hydrogen) atoms. The number of fused-ring (bicyclic) bond motifs is 1. The van der Waals surface area contributed by atoms with Crippen LogP contribution in [-0.2, 0) is 10.0 Å². The summed E-state index contributed by atoms with van der Waals surface area (Å²) in [6.07, 6.45) is 0.833. The number of amides is 1. The zero-order valence-corrected chi connectivity index (χ0v) is 18.1. The molecule has 0 bridgehead atoms. The summed E-state index contributed by atoms with van der Waals surface area (Å²) in [6, 6.07) is 17.5. The van der Waals surface area contributed by atoms with E-state index in [9.17, 15) is 18.5 Å². The number of aromatic nitrogens is 2. The standard InChI is InChI=1S/C22H14ClFN4O3S/c1-32(30,31)27-22(29)15-5-7-20(18(24)10-15)28-19-8-6-16(23)11-17(19)21(26-28)14-4-2-3-13(9-14)12-25/h2-11H,1H3,(H,27,29). The van der Waals surface area contributed by atoms with Crippen LogP contribution in [0.4, 0.5) is 4.39 Å². The van der Waals surface area contributed by atoms with Crippen LogP contribution in [0, 0.1) is 17.1 Å². The Morgan fingerprint density at radius 3 is 2.62 bits per heavy atom. The molecule has 1 amide bonds. The monoisotopic (exact) mass is 468 g/mol. The number of nitriles is 1. The zero-order chi connectivity index (χ0) is 23.0. The molecule has 0 spiro atoms. The van der Waals surface area contributed by atoms with Gasteiger partial charge in [-0.05, 0) is 48.5 Å². The molecule has 0 saturated carbocycles. The molecule has 3 aromatic carbocycles. The first-order valence-corrected chi connectivity index (χ1v) is 11.4. The van der Waals surface area contributed by atoms with Crippen molar-refractivity contribution in [1.29, 1.82) is 5.26 Å². The van der Waals surface area contributed by atoms with Crippen molar-refractivity contribution >= 4 is 38.4 Å². The second-order valence-electron chi connectivity index (χ2n) is 6.98. The number of hydrogen-bond acceptors (Lipinski definition) is 5. The Morgan fingerprint density at radius 1 is 1.16 bits per heavy atom. The Morgan fingerprint density at radius 2 is 1.94 bits per heavy atom. The number of hydrogen-bond donors (Lipinski definition) is 1. The van der Waals surface area contributed by atoms with E-state index in [1.165, 1.54) is 16.8 Å². The lowest BCUT2D eigenvalue weighted by molar-refractivity contribution is 0.0981. The first-order chi connectivity index (χ1) is 15.2. The van der Waals surface area contributed by atoms with Crippen molar-refractivity contribution in [3.05, 3.63) is 82.6 Å². The maximum Gasteiger partial charge on any atom is 0.264 e. The maximum absolute atomic E-state index is 15.0. The van der Waals surface area contributed by atoms with Gasteiger partial charge in [0, 0.05) is 21.5 Å². The number of rotatable bonds is 4. The van der Waals surface area contributed by atoms with Crippen molar-refractivity contribution in [2.75, 3.05) is 6.26 Å². The van der Waals surface area contributed by atoms with Crippen LogP contribution in [0.5, 0.6) is 0 Å². The lowest BCUT2D eigenvalue weighted by atomic mass is 10.1. The summed E-state index contributed by atoms with van der Waals surface area (Å²) < 4.78 is 40.7. The summed E-state index contributed by atoms with van der Waals surface area (Å²) in [6.45, 7) is 0. The number of nitrogens with zero attached hydrogens (tertiary/aromatic N) is 3. The maximum atomic E-state index is 15.0. The van der Waals surface area contributed by atoms with Crippen molar-refractivity contribution < 1.29 is 17.6 Å². The average molecular weight is 469 g/mol. The normalized spacial score (nSPS) is 11.3. The van der Waals surface area contributed by atoms with E-state index in [-0.39, 0.29) is 11.3 Å². The number of carbonyl (C=O) groups excluding carboxylic acids is 1. The molecule has 4 rings (SSSR count). The molecule has 10 heteroatoms. The summed E-state index contributed by atoms with van der Waals surface area (Å²) in [5.41, 5.74) is 2.05. The van der Waals surface area contributed by atoms with Crippen LogP contribution in [0.15, 0.2) is 60.7 Å². The van der Waals surface area contributed by atoms with E-state index in [0.29, 0.717) is 32.7 Å². The van der Waals surface area contributed by atoms with Crippen molar-refractivity contribution in [1.82, 2.24) is 14.5 Å². The molecule has 0 unspecified atom stereocenters. The molecule has 1 N–H and O–H groups in total. The van der Waals surface area contributed by atoms with Gasteiger partial charge in [-0.2, -0.15) is 10.4 Å². The van der Waals surface area contributed by atoms with Gasteiger partial charge in [-0.25, -0.2) is 22.2 Å². The molecule has 1 heterocycles. The van der Waals surface area contributed by atoms with Crippen molar-refractivity contribution in [2.45, 2.75) is 0 Å². The number of halogens is 2. The van der Waals surface area contributed by atoms with Gasteiger partial charge in [-0.1, -0.05) is 23.7 Å². The van der Waals surface area contributed by atoms with Crippen LogP contribution in [-0.4, -0.2) is 30.4 Å². The Hall–Kier alpha value is -3.74. The molecule has 0 aliphatic carbocycles. The van der Waals surface area contributed by atoms with Gasteiger partial charge in [0.05, 0.1) is 23.4 Å². The highest BCUT2D eigenvalue weighted by molar-refractivity contribution is 7.89. The Balaban J connectivity index is 1.87. The first kappa shape index (κ1) is 21.5. The van der Waals surface area contributed by atoms with Gasteiger partial charge in [0.25, 0.3) is 5.91 Å². The predicted molar refractivity (Wildman–Crippen MR) is 118 cm³/mol. The largest absolute Gasteiger partial charge is 0.268 e. The second kappa shape index (κ2) is 8.07. The summed E-state index contributed by atoms with van der Waals surface area (Å²) in [5, 5.41) is 14.9. The first-order valence-electron chi connectivity index (χ1n) is 9.17. The van der Waals surface area contributed by atoms with Crippen LogP contribution in [0.2, 0.25) is 5.02 Å². The number of benzene rings is 3. The fourth-order valence-corrected chi connectivity index (χ4v) is 3.90. The van der Waals surface area contributed by atoms with Gasteiger partial charge in [0.15, 0.2) is 0 Å². The number of nitrogens with one attached hydrogen (secondary N) is 1. The SMILES string of the molecule is CS(=O)(=O)NC(=O)c1ccc(-n2nc(-c3cccc(C#N)c3)c3cc(Cl)ccc32)c(F)c1. The van der Waals surface area contributed by atoms with Gasteiger partial charge in [0.1, 0.15) is 17.2 Å². The number of carbonyl (C=O) groups is 1. The van der Waals surface area contributed by atoms with Crippen LogP contribution >= 0.6 is 11.6 Å². The molecule has 160 valence electrons. The molecule has 0 fully saturated rings. The van der Waals surface area contributed by atoms with Gasteiger partial charge < -0.3 is 0 Å². The third-order valence-electron chi connectivity index (χ3n) is 4.62. The molecular formula is C22H14ClFN4O3S. The van der Waals surface area contributed by atoms with E-state index in [2.05, 4.69) is 11.2 Å². The lowest BCUT2D eigenvalue weighted by Crippen LogP contribution is -2.29. The molecule has 4 aromatic rings. The highest BCUT2D eigenvalue weighted by Gasteiger charge is 2.19. The van der Waals surface area contributed by atoms with Crippen LogP contribution in [0.25, 0.3) is 27.8 Å². The van der Waals surface area contributed by atoms with Gasteiger partial charge >= 0.3 is 0 Å². The van der Waals surface area contributed by atoms with Gasteiger partial charge in [-0.3, -0.25) is 4.79 Å². The zero-order valence-electron chi connectivity index (χ0n) is 16.5. The summed E-state index contributed by atoms with van der Waals surface area (Å²) >= 11 is 6.17.